The van der Waals surface area contributed by atoms with Crippen LogP contribution in [0.25, 0.3) is 0 Å². The summed E-state index contributed by atoms with van der Waals surface area (Å²) < 4.78 is 11.1. The van der Waals surface area contributed by atoms with E-state index in [1.165, 1.54) is 25.7 Å². The number of ether oxygens (including phenoxy) is 2. The fourth-order valence-electron chi connectivity index (χ4n) is 2.77. The van der Waals surface area contributed by atoms with Gasteiger partial charge >= 0.3 is 0 Å². The highest BCUT2D eigenvalue weighted by Gasteiger charge is 2.19. The highest BCUT2D eigenvalue weighted by Crippen LogP contribution is 2.33. The van der Waals surface area contributed by atoms with E-state index in [0.717, 1.165) is 70.7 Å². The van der Waals surface area contributed by atoms with E-state index in [1.54, 1.807) is 0 Å². The van der Waals surface area contributed by atoms with Gasteiger partial charge in [0.1, 0.15) is 0 Å². The number of aliphatic imine (C=N–C) groups is 1. The van der Waals surface area contributed by atoms with Gasteiger partial charge in [-0.05, 0) is 43.9 Å². The summed E-state index contributed by atoms with van der Waals surface area (Å²) in [5.74, 6) is 2.63. The monoisotopic (exact) mass is 311 g/mol. The van der Waals surface area contributed by atoms with Crippen molar-refractivity contribution in [3.8, 4) is 0 Å². The van der Waals surface area contributed by atoms with Gasteiger partial charge in [0.15, 0.2) is 5.96 Å². The van der Waals surface area contributed by atoms with Crippen molar-refractivity contribution in [1.29, 1.82) is 0 Å². The van der Waals surface area contributed by atoms with E-state index in [4.69, 9.17) is 9.47 Å². The second-order valence-corrected chi connectivity index (χ2v) is 6.50. The average Bonchev–Trinajstić information content (AvgIpc) is 3.38. The minimum absolute atomic E-state index is 0.697. The molecule has 0 atom stereocenters. The molecule has 0 aromatic heterocycles. The van der Waals surface area contributed by atoms with Crippen LogP contribution in [0.5, 0.6) is 0 Å². The Morgan fingerprint density at radius 1 is 1.05 bits per heavy atom. The molecule has 1 aliphatic carbocycles. The molecule has 1 saturated heterocycles. The molecule has 128 valence electrons. The second-order valence-electron chi connectivity index (χ2n) is 6.50. The van der Waals surface area contributed by atoms with Gasteiger partial charge < -0.3 is 20.1 Å². The summed E-state index contributed by atoms with van der Waals surface area (Å²) in [6.45, 7) is 5.45. The summed E-state index contributed by atoms with van der Waals surface area (Å²) in [6, 6.07) is 0. The molecular formula is C17H33N3O2. The molecule has 2 rings (SSSR count). The predicted octanol–water partition coefficient (Wildman–Crippen LogP) is 2.17. The molecule has 5 nitrogen and oxygen atoms in total. The second kappa shape index (κ2) is 10.8. The van der Waals surface area contributed by atoms with Crippen molar-refractivity contribution in [2.24, 2.45) is 16.8 Å². The van der Waals surface area contributed by atoms with Gasteiger partial charge in [-0.1, -0.05) is 12.8 Å². The Morgan fingerprint density at radius 2 is 1.77 bits per heavy atom. The highest BCUT2D eigenvalue weighted by molar-refractivity contribution is 5.79. The van der Waals surface area contributed by atoms with Crippen molar-refractivity contribution in [3.05, 3.63) is 0 Å². The highest BCUT2D eigenvalue weighted by atomic mass is 16.5. The number of rotatable bonds is 10. The van der Waals surface area contributed by atoms with Crippen LogP contribution in [0.3, 0.4) is 0 Å². The molecule has 2 fully saturated rings. The summed E-state index contributed by atoms with van der Waals surface area (Å²) in [7, 11) is 1.83. The molecule has 1 saturated carbocycles. The van der Waals surface area contributed by atoms with E-state index in [-0.39, 0.29) is 0 Å². The molecule has 0 aromatic rings. The van der Waals surface area contributed by atoms with Gasteiger partial charge in [-0.2, -0.15) is 0 Å². The zero-order valence-corrected chi connectivity index (χ0v) is 14.1. The molecule has 0 radical (unpaired) electrons. The maximum atomic E-state index is 5.76. The van der Waals surface area contributed by atoms with Crippen molar-refractivity contribution in [3.63, 3.8) is 0 Å². The Balaban J connectivity index is 1.39. The van der Waals surface area contributed by atoms with Crippen molar-refractivity contribution in [2.75, 3.05) is 46.6 Å². The molecule has 5 heteroatoms. The summed E-state index contributed by atoms with van der Waals surface area (Å²) >= 11 is 0. The first-order valence-electron chi connectivity index (χ1n) is 8.98. The first kappa shape index (κ1) is 17.5. The van der Waals surface area contributed by atoms with Crippen LogP contribution in [0.1, 0.15) is 44.9 Å². The van der Waals surface area contributed by atoms with E-state index in [9.17, 15) is 0 Å². The van der Waals surface area contributed by atoms with E-state index < -0.39 is 0 Å². The zero-order chi connectivity index (χ0) is 15.5. The quantitative estimate of drug-likeness (QED) is 0.369. The normalized spacial score (nSPS) is 20.1. The number of hydrogen-bond donors (Lipinski definition) is 2. The third-order valence-corrected chi connectivity index (χ3v) is 4.45. The fraction of sp³-hybridized carbons (Fsp3) is 0.941. The van der Waals surface area contributed by atoms with Gasteiger partial charge in [-0.3, -0.25) is 4.99 Å². The van der Waals surface area contributed by atoms with E-state index in [0.29, 0.717) is 5.92 Å². The lowest BCUT2D eigenvalue weighted by Gasteiger charge is -2.21. The van der Waals surface area contributed by atoms with Crippen molar-refractivity contribution in [1.82, 2.24) is 10.6 Å². The molecule has 0 unspecified atom stereocenters. The molecule has 0 spiro atoms. The minimum Gasteiger partial charge on any atom is -0.381 e. The Labute approximate surface area is 135 Å². The lowest BCUT2D eigenvalue weighted by molar-refractivity contribution is 0.0203. The topological polar surface area (TPSA) is 54.9 Å². The molecule has 22 heavy (non-hydrogen) atoms. The number of nitrogens with one attached hydrogen (secondary N) is 2. The van der Waals surface area contributed by atoms with Crippen LogP contribution in [-0.2, 0) is 9.47 Å². The Kier molecular flexibility index (Phi) is 8.64. The summed E-state index contributed by atoms with van der Waals surface area (Å²) in [6.07, 6.45) is 8.82. The van der Waals surface area contributed by atoms with Crippen LogP contribution in [0, 0.1) is 11.8 Å². The first-order valence-corrected chi connectivity index (χ1v) is 8.98. The van der Waals surface area contributed by atoms with Crippen LogP contribution in [0.2, 0.25) is 0 Å². The van der Waals surface area contributed by atoms with Crippen LogP contribution in [-0.4, -0.2) is 52.5 Å². The largest absolute Gasteiger partial charge is 0.381 e. The third kappa shape index (κ3) is 7.99. The van der Waals surface area contributed by atoms with Gasteiger partial charge in [0.25, 0.3) is 0 Å². The molecule has 1 heterocycles. The number of hydrogen-bond acceptors (Lipinski definition) is 3. The lowest BCUT2D eigenvalue weighted by Crippen LogP contribution is -2.38. The van der Waals surface area contributed by atoms with Crippen LogP contribution in [0.15, 0.2) is 4.99 Å². The van der Waals surface area contributed by atoms with Crippen LogP contribution in [0.4, 0.5) is 0 Å². The maximum absolute atomic E-state index is 5.76. The Bertz CT molecular complexity index is 313. The Morgan fingerprint density at radius 3 is 2.45 bits per heavy atom. The van der Waals surface area contributed by atoms with Crippen LogP contribution < -0.4 is 10.6 Å². The standard InChI is InChI=1S/C17H33N3O2/c1-18-17(19-9-2-4-15-5-6-15)20-10-3-11-22-14-16-7-12-21-13-8-16/h15-16H,2-14H2,1H3,(H2,18,19,20). The third-order valence-electron chi connectivity index (χ3n) is 4.45. The predicted molar refractivity (Wildman–Crippen MR) is 90.3 cm³/mol. The van der Waals surface area contributed by atoms with E-state index in [1.807, 2.05) is 7.05 Å². The minimum atomic E-state index is 0.697. The zero-order valence-electron chi connectivity index (χ0n) is 14.1. The van der Waals surface area contributed by atoms with Crippen molar-refractivity contribution in [2.45, 2.75) is 44.9 Å². The van der Waals surface area contributed by atoms with Gasteiger partial charge in [0.05, 0.1) is 0 Å². The maximum Gasteiger partial charge on any atom is 0.190 e. The average molecular weight is 311 g/mol. The first-order chi connectivity index (χ1) is 10.9. The molecule has 2 aliphatic rings. The van der Waals surface area contributed by atoms with Gasteiger partial charge in [-0.15, -0.1) is 0 Å². The lowest BCUT2D eigenvalue weighted by atomic mass is 10.0. The van der Waals surface area contributed by atoms with Crippen LogP contribution >= 0.6 is 0 Å². The SMILES string of the molecule is CN=C(NCCCOCC1CCOCC1)NCCCC1CC1. The molecule has 1 aliphatic heterocycles. The smallest absolute Gasteiger partial charge is 0.190 e. The molecule has 2 N–H and O–H groups in total. The summed E-state index contributed by atoms with van der Waals surface area (Å²) in [5, 5.41) is 6.73. The van der Waals surface area contributed by atoms with Gasteiger partial charge in [0, 0.05) is 46.6 Å². The number of guanidine groups is 1. The van der Waals surface area contributed by atoms with Crippen molar-refractivity contribution >= 4 is 5.96 Å². The number of nitrogens with zero attached hydrogens (tertiary/aromatic N) is 1. The molecule has 0 bridgehead atoms. The van der Waals surface area contributed by atoms with Gasteiger partial charge in [-0.25, -0.2) is 0 Å². The fourth-order valence-corrected chi connectivity index (χ4v) is 2.77. The summed E-state index contributed by atoms with van der Waals surface area (Å²) in [5.41, 5.74) is 0. The molecular weight excluding hydrogens is 278 g/mol. The van der Waals surface area contributed by atoms with Crippen molar-refractivity contribution < 1.29 is 9.47 Å². The molecule has 0 aromatic carbocycles. The summed E-state index contributed by atoms with van der Waals surface area (Å²) in [4.78, 5) is 4.25. The van der Waals surface area contributed by atoms with E-state index >= 15 is 0 Å². The molecule has 0 amide bonds. The van der Waals surface area contributed by atoms with Gasteiger partial charge in [0.2, 0.25) is 0 Å². The Hall–Kier alpha value is -0.810. The van der Waals surface area contributed by atoms with E-state index in [2.05, 4.69) is 15.6 Å².